The fraction of sp³-hybridized carbons (Fsp3) is 0.467. The molecule has 4 N–H and O–H groups in total. The number of amides is 1. The molecule has 0 aromatic heterocycles. The molecule has 21 heavy (non-hydrogen) atoms. The quantitative estimate of drug-likeness (QED) is 0.584. The van der Waals surface area contributed by atoms with Crippen molar-refractivity contribution in [3.8, 4) is 0 Å². The van der Waals surface area contributed by atoms with E-state index in [1.165, 1.54) is 0 Å². The maximum atomic E-state index is 12.1. The Hall–Kier alpha value is -2.24. The summed E-state index contributed by atoms with van der Waals surface area (Å²) in [4.78, 5) is 25.1. The highest BCUT2D eigenvalue weighted by Gasteiger charge is 2.22. The number of hydrogen-bond donors (Lipinski definition) is 2. The van der Waals surface area contributed by atoms with Gasteiger partial charge in [0, 0.05) is 6.54 Å². The number of carbonyl (C=O) groups is 2. The number of benzene rings is 1. The molecular formula is C15H23N3O3. The summed E-state index contributed by atoms with van der Waals surface area (Å²) >= 11 is 0. The highest BCUT2D eigenvalue weighted by Crippen LogP contribution is 2.29. The Morgan fingerprint density at radius 1 is 1.33 bits per heavy atom. The summed E-state index contributed by atoms with van der Waals surface area (Å²) in [7, 11) is 0. The van der Waals surface area contributed by atoms with Crippen LogP contribution in [0.3, 0.4) is 0 Å². The molecule has 116 valence electrons. The summed E-state index contributed by atoms with van der Waals surface area (Å²) in [5, 5.41) is 0. The van der Waals surface area contributed by atoms with Crippen LogP contribution in [0.4, 0.5) is 11.4 Å². The molecule has 1 aromatic rings. The molecule has 0 aliphatic rings. The molecule has 1 aromatic carbocycles. The van der Waals surface area contributed by atoms with Crippen LogP contribution in [-0.4, -0.2) is 31.6 Å². The number of ether oxygens (including phenoxy) is 1. The van der Waals surface area contributed by atoms with Crippen molar-refractivity contribution in [3.63, 3.8) is 0 Å². The molecule has 0 aliphatic heterocycles. The second-order valence-electron chi connectivity index (χ2n) is 5.20. The highest BCUT2D eigenvalue weighted by atomic mass is 16.5. The van der Waals surface area contributed by atoms with E-state index < -0.39 is 11.9 Å². The van der Waals surface area contributed by atoms with Gasteiger partial charge in [-0.2, -0.15) is 0 Å². The highest BCUT2D eigenvalue weighted by molar-refractivity contribution is 6.00. The molecule has 0 bridgehead atoms. The van der Waals surface area contributed by atoms with Crippen molar-refractivity contribution in [2.45, 2.75) is 20.8 Å². The first-order valence-corrected chi connectivity index (χ1v) is 6.95. The first kappa shape index (κ1) is 16.8. The van der Waals surface area contributed by atoms with Crippen LogP contribution in [0.25, 0.3) is 0 Å². The molecule has 6 nitrogen and oxygen atoms in total. The number of esters is 1. The van der Waals surface area contributed by atoms with Crippen molar-refractivity contribution in [3.05, 3.63) is 23.8 Å². The van der Waals surface area contributed by atoms with E-state index in [0.717, 1.165) is 0 Å². The van der Waals surface area contributed by atoms with E-state index >= 15 is 0 Å². The van der Waals surface area contributed by atoms with Gasteiger partial charge in [0.05, 0.1) is 30.1 Å². The molecule has 0 saturated carbocycles. The van der Waals surface area contributed by atoms with E-state index in [2.05, 4.69) is 0 Å². The molecule has 0 unspecified atom stereocenters. The predicted molar refractivity (Wildman–Crippen MR) is 83.1 cm³/mol. The largest absolute Gasteiger partial charge is 0.462 e. The van der Waals surface area contributed by atoms with Gasteiger partial charge in [0.2, 0.25) is 5.91 Å². The van der Waals surface area contributed by atoms with E-state index in [1.54, 1.807) is 30.0 Å². The van der Waals surface area contributed by atoms with E-state index in [0.29, 0.717) is 23.5 Å². The van der Waals surface area contributed by atoms with Crippen LogP contribution in [0.2, 0.25) is 0 Å². The van der Waals surface area contributed by atoms with Crippen LogP contribution in [0.1, 0.15) is 31.1 Å². The van der Waals surface area contributed by atoms with Gasteiger partial charge in [0.15, 0.2) is 0 Å². The van der Waals surface area contributed by atoms with E-state index in [-0.39, 0.29) is 19.1 Å². The molecule has 0 atom stereocenters. The molecule has 0 saturated heterocycles. The number of primary amides is 1. The number of carbonyl (C=O) groups excluding carboxylic acids is 2. The number of para-hydroxylation sites is 1. The average Bonchev–Trinajstić information content (AvgIpc) is 2.36. The van der Waals surface area contributed by atoms with E-state index in [9.17, 15) is 9.59 Å². The first-order chi connectivity index (χ1) is 9.86. The summed E-state index contributed by atoms with van der Waals surface area (Å²) in [5.41, 5.74) is 12.6. The molecule has 0 radical (unpaired) electrons. The second kappa shape index (κ2) is 7.52. The zero-order valence-corrected chi connectivity index (χ0v) is 12.8. The molecule has 6 heteroatoms. The number of nitrogens with two attached hydrogens (primary N) is 2. The van der Waals surface area contributed by atoms with E-state index in [1.807, 2.05) is 13.8 Å². The zero-order valence-electron chi connectivity index (χ0n) is 12.8. The molecule has 0 fully saturated rings. The summed E-state index contributed by atoms with van der Waals surface area (Å²) in [6.45, 7) is 6.59. The van der Waals surface area contributed by atoms with Crippen molar-refractivity contribution in [2.24, 2.45) is 11.7 Å². The van der Waals surface area contributed by atoms with Crippen molar-refractivity contribution in [1.82, 2.24) is 0 Å². The van der Waals surface area contributed by atoms with Crippen molar-refractivity contribution < 1.29 is 14.3 Å². The van der Waals surface area contributed by atoms with Gasteiger partial charge in [-0.25, -0.2) is 4.79 Å². The number of rotatable bonds is 7. The Balaban J connectivity index is 3.27. The second-order valence-corrected chi connectivity index (χ2v) is 5.20. The lowest BCUT2D eigenvalue weighted by Crippen LogP contribution is -2.37. The minimum atomic E-state index is -0.478. The molecule has 0 spiro atoms. The molecule has 1 rings (SSSR count). The lowest BCUT2D eigenvalue weighted by molar-refractivity contribution is -0.116. The maximum Gasteiger partial charge on any atom is 0.340 e. The SMILES string of the molecule is CCOC(=O)c1cccc(N)c1N(CC(N)=O)CC(C)C. The zero-order chi connectivity index (χ0) is 16.0. The summed E-state index contributed by atoms with van der Waals surface area (Å²) in [6, 6.07) is 5.01. The van der Waals surface area contributed by atoms with Gasteiger partial charge in [-0.05, 0) is 25.0 Å². The van der Waals surface area contributed by atoms with Crippen LogP contribution in [0.5, 0.6) is 0 Å². The fourth-order valence-corrected chi connectivity index (χ4v) is 2.15. The smallest absolute Gasteiger partial charge is 0.340 e. The number of nitrogens with zero attached hydrogens (tertiary/aromatic N) is 1. The number of anilines is 2. The van der Waals surface area contributed by atoms with Crippen LogP contribution in [-0.2, 0) is 9.53 Å². The van der Waals surface area contributed by atoms with Crippen molar-refractivity contribution in [1.29, 1.82) is 0 Å². The lowest BCUT2D eigenvalue weighted by atomic mass is 10.1. The number of nitrogen functional groups attached to an aromatic ring is 1. The summed E-state index contributed by atoms with van der Waals surface area (Å²) in [5.74, 6) is -0.661. The minimum Gasteiger partial charge on any atom is -0.462 e. The Bertz CT molecular complexity index is 515. The van der Waals surface area contributed by atoms with Gasteiger partial charge in [-0.3, -0.25) is 4.79 Å². The average molecular weight is 293 g/mol. The third kappa shape index (κ3) is 4.66. The monoisotopic (exact) mass is 293 g/mol. The van der Waals surface area contributed by atoms with Gasteiger partial charge in [0.25, 0.3) is 0 Å². The topological polar surface area (TPSA) is 98.7 Å². The van der Waals surface area contributed by atoms with Gasteiger partial charge >= 0.3 is 5.97 Å². The normalized spacial score (nSPS) is 10.5. The van der Waals surface area contributed by atoms with Crippen LogP contribution in [0.15, 0.2) is 18.2 Å². The van der Waals surface area contributed by atoms with E-state index in [4.69, 9.17) is 16.2 Å². The Morgan fingerprint density at radius 2 is 2.00 bits per heavy atom. The Morgan fingerprint density at radius 3 is 2.52 bits per heavy atom. The third-order valence-corrected chi connectivity index (χ3v) is 2.81. The molecule has 0 aliphatic carbocycles. The number of hydrogen-bond acceptors (Lipinski definition) is 5. The first-order valence-electron chi connectivity index (χ1n) is 6.95. The van der Waals surface area contributed by atoms with Gasteiger partial charge < -0.3 is 21.1 Å². The van der Waals surface area contributed by atoms with Gasteiger partial charge in [-0.15, -0.1) is 0 Å². The Kier molecular flexibility index (Phi) is 6.02. The Labute approximate surface area is 125 Å². The van der Waals surface area contributed by atoms with Crippen LogP contribution >= 0.6 is 0 Å². The standard InChI is InChI=1S/C15H23N3O3/c1-4-21-15(20)11-6-5-7-12(16)14(11)18(8-10(2)3)9-13(17)19/h5-7,10H,4,8-9,16H2,1-3H3,(H2,17,19). The maximum absolute atomic E-state index is 12.1. The fourth-order valence-electron chi connectivity index (χ4n) is 2.15. The third-order valence-electron chi connectivity index (χ3n) is 2.81. The minimum absolute atomic E-state index is 0.00119. The van der Waals surface area contributed by atoms with Crippen LogP contribution in [0, 0.1) is 5.92 Å². The predicted octanol–water partition coefficient (Wildman–Crippen LogP) is 1.39. The molecular weight excluding hydrogens is 270 g/mol. The van der Waals surface area contributed by atoms with Crippen molar-refractivity contribution in [2.75, 3.05) is 30.3 Å². The van der Waals surface area contributed by atoms with Crippen molar-refractivity contribution >= 4 is 23.3 Å². The van der Waals surface area contributed by atoms with Gasteiger partial charge in [-0.1, -0.05) is 19.9 Å². The van der Waals surface area contributed by atoms with Gasteiger partial charge in [0.1, 0.15) is 0 Å². The van der Waals surface area contributed by atoms with Crippen LogP contribution < -0.4 is 16.4 Å². The summed E-state index contributed by atoms with van der Waals surface area (Å²) < 4.78 is 5.05. The summed E-state index contributed by atoms with van der Waals surface area (Å²) in [6.07, 6.45) is 0. The molecule has 0 heterocycles. The lowest BCUT2D eigenvalue weighted by Gasteiger charge is -2.28. The molecule has 1 amide bonds.